The Morgan fingerprint density at radius 1 is 0.952 bits per heavy atom. The van der Waals surface area contributed by atoms with Crippen LogP contribution >= 0.6 is 34.8 Å². The molecule has 2 aromatic rings. The predicted molar refractivity (Wildman–Crippen MR) is 85.3 cm³/mol. The molecular weight excluding hydrogens is 333 g/mol. The van der Waals surface area contributed by atoms with Crippen LogP contribution in [0.2, 0.25) is 15.1 Å². The second kappa shape index (κ2) is 6.68. The van der Waals surface area contributed by atoms with Crippen LogP contribution in [0.15, 0.2) is 36.4 Å². The molecule has 0 aromatic heterocycles. The monoisotopic (exact) mass is 339 g/mol. The molecule has 0 unspecified atom stereocenters. The zero-order valence-corrected chi connectivity index (χ0v) is 12.7. The number of nitrogens with one attached hydrogen (secondary N) is 2. The Balaban J connectivity index is 2.08. The minimum absolute atomic E-state index is 0.276. The summed E-state index contributed by atoms with van der Waals surface area (Å²) in [5, 5.41) is 14.9. The van der Waals surface area contributed by atoms with Gasteiger partial charge in [-0.05, 0) is 36.4 Å². The van der Waals surface area contributed by atoms with Gasteiger partial charge in [-0.2, -0.15) is 5.26 Å². The van der Waals surface area contributed by atoms with E-state index in [1.165, 1.54) is 12.1 Å². The Morgan fingerprint density at radius 3 is 2.33 bits per heavy atom. The number of carbonyl (C=O) groups is 1. The van der Waals surface area contributed by atoms with Gasteiger partial charge in [0.15, 0.2) is 0 Å². The van der Waals surface area contributed by atoms with Crippen LogP contribution < -0.4 is 10.6 Å². The van der Waals surface area contributed by atoms with Gasteiger partial charge < -0.3 is 10.6 Å². The van der Waals surface area contributed by atoms with Crippen LogP contribution in [-0.4, -0.2) is 6.03 Å². The number of rotatable bonds is 2. The van der Waals surface area contributed by atoms with Crippen LogP contribution in [0.5, 0.6) is 0 Å². The van der Waals surface area contributed by atoms with Crippen molar-refractivity contribution >= 4 is 52.2 Å². The molecule has 0 atom stereocenters. The topological polar surface area (TPSA) is 64.9 Å². The number of nitrogens with zero attached hydrogens (tertiary/aromatic N) is 1. The Kier molecular flexibility index (Phi) is 4.92. The number of halogens is 3. The van der Waals surface area contributed by atoms with Gasteiger partial charge in [-0.3, -0.25) is 0 Å². The highest BCUT2D eigenvalue weighted by atomic mass is 35.5. The lowest BCUT2D eigenvalue weighted by atomic mass is 10.2. The van der Waals surface area contributed by atoms with Crippen LogP contribution in [-0.2, 0) is 0 Å². The van der Waals surface area contributed by atoms with Crippen LogP contribution in [0.1, 0.15) is 5.56 Å². The summed E-state index contributed by atoms with van der Waals surface area (Å²) in [6, 6.07) is 10.8. The summed E-state index contributed by atoms with van der Waals surface area (Å²) in [6.07, 6.45) is 0. The standard InChI is InChI=1S/C14H8Cl3N3O/c15-10-3-2-9(6-11(10)16)19-14(21)20-13-4-1-8(7-18)5-12(13)17/h1-6H,(H2,19,20,21). The fraction of sp³-hybridized carbons (Fsp3) is 0. The number of amides is 2. The maximum absolute atomic E-state index is 11.9. The van der Waals surface area contributed by atoms with Crippen molar-refractivity contribution in [3.05, 3.63) is 57.0 Å². The number of hydrogen-bond acceptors (Lipinski definition) is 2. The van der Waals surface area contributed by atoms with Crippen LogP contribution in [0, 0.1) is 11.3 Å². The van der Waals surface area contributed by atoms with Crippen molar-refractivity contribution in [2.45, 2.75) is 0 Å². The largest absolute Gasteiger partial charge is 0.323 e. The lowest BCUT2D eigenvalue weighted by Gasteiger charge is -2.09. The first-order valence-corrected chi connectivity index (χ1v) is 6.85. The number of anilines is 2. The highest BCUT2D eigenvalue weighted by Gasteiger charge is 2.08. The molecule has 0 fully saturated rings. The third-order valence-electron chi connectivity index (χ3n) is 2.52. The Bertz CT molecular complexity index is 741. The third-order valence-corrected chi connectivity index (χ3v) is 3.58. The molecule has 4 nitrogen and oxygen atoms in total. The van der Waals surface area contributed by atoms with Gasteiger partial charge in [-0.15, -0.1) is 0 Å². The van der Waals surface area contributed by atoms with Gasteiger partial charge in [0.25, 0.3) is 0 Å². The predicted octanol–water partition coefficient (Wildman–Crippen LogP) is 5.16. The van der Waals surface area contributed by atoms with Crippen molar-refractivity contribution < 1.29 is 4.79 Å². The smallest absolute Gasteiger partial charge is 0.308 e. The van der Waals surface area contributed by atoms with E-state index >= 15 is 0 Å². The molecule has 0 bridgehead atoms. The number of carbonyl (C=O) groups excluding carboxylic acids is 1. The molecule has 0 aliphatic heterocycles. The molecule has 0 spiro atoms. The molecule has 0 radical (unpaired) electrons. The average Bonchev–Trinajstić information content (AvgIpc) is 2.45. The number of nitriles is 1. The first-order chi connectivity index (χ1) is 9.99. The van der Waals surface area contributed by atoms with E-state index in [0.717, 1.165) is 0 Å². The zero-order valence-electron chi connectivity index (χ0n) is 10.5. The van der Waals surface area contributed by atoms with Gasteiger partial charge >= 0.3 is 6.03 Å². The van der Waals surface area contributed by atoms with Gasteiger partial charge in [0.05, 0.1) is 32.4 Å². The fourth-order valence-corrected chi connectivity index (χ4v) is 2.07. The molecule has 0 saturated carbocycles. The molecule has 2 aromatic carbocycles. The SMILES string of the molecule is N#Cc1ccc(NC(=O)Nc2ccc(Cl)c(Cl)c2)c(Cl)c1. The van der Waals surface area contributed by atoms with Crippen LogP contribution in [0.4, 0.5) is 16.2 Å². The van der Waals surface area contributed by atoms with Crippen molar-refractivity contribution in [3.8, 4) is 6.07 Å². The molecule has 0 aliphatic rings. The normalized spacial score (nSPS) is 9.81. The van der Waals surface area contributed by atoms with Gasteiger partial charge in [-0.25, -0.2) is 4.79 Å². The van der Waals surface area contributed by atoms with E-state index in [-0.39, 0.29) is 5.02 Å². The number of hydrogen-bond donors (Lipinski definition) is 2. The Labute approximate surface area is 136 Å². The van der Waals surface area contributed by atoms with Crippen molar-refractivity contribution in [3.63, 3.8) is 0 Å². The van der Waals surface area contributed by atoms with Crippen LogP contribution in [0.3, 0.4) is 0 Å². The Morgan fingerprint density at radius 2 is 1.71 bits per heavy atom. The summed E-state index contributed by atoms with van der Waals surface area (Å²) in [7, 11) is 0. The summed E-state index contributed by atoms with van der Waals surface area (Å²) in [5.74, 6) is 0. The van der Waals surface area contributed by atoms with E-state index in [9.17, 15) is 4.79 Å². The first-order valence-electron chi connectivity index (χ1n) is 5.72. The quantitative estimate of drug-likeness (QED) is 0.792. The summed E-state index contributed by atoms with van der Waals surface area (Å²) in [6.45, 7) is 0. The zero-order chi connectivity index (χ0) is 15.4. The summed E-state index contributed by atoms with van der Waals surface area (Å²) in [5.41, 5.74) is 1.30. The van der Waals surface area contributed by atoms with E-state index in [1.54, 1.807) is 24.3 Å². The molecule has 0 aliphatic carbocycles. The fourth-order valence-electron chi connectivity index (χ4n) is 1.54. The lowest BCUT2D eigenvalue weighted by Crippen LogP contribution is -2.19. The first kappa shape index (κ1) is 15.5. The van der Waals surface area contributed by atoms with E-state index in [0.29, 0.717) is 27.0 Å². The van der Waals surface area contributed by atoms with Gasteiger partial charge in [0.2, 0.25) is 0 Å². The molecule has 21 heavy (non-hydrogen) atoms. The summed E-state index contributed by atoms with van der Waals surface area (Å²) >= 11 is 17.6. The van der Waals surface area contributed by atoms with E-state index in [1.807, 2.05) is 6.07 Å². The minimum Gasteiger partial charge on any atom is -0.308 e. The minimum atomic E-state index is -0.486. The summed E-state index contributed by atoms with van der Waals surface area (Å²) in [4.78, 5) is 11.9. The van der Waals surface area contributed by atoms with Crippen molar-refractivity contribution in [1.29, 1.82) is 5.26 Å². The number of benzene rings is 2. The third kappa shape index (κ3) is 4.02. The van der Waals surface area contributed by atoms with E-state index in [4.69, 9.17) is 40.1 Å². The molecule has 7 heteroatoms. The number of urea groups is 1. The molecule has 0 heterocycles. The molecule has 106 valence electrons. The lowest BCUT2D eigenvalue weighted by molar-refractivity contribution is 0.262. The van der Waals surface area contributed by atoms with Crippen molar-refractivity contribution in [2.75, 3.05) is 10.6 Å². The second-order valence-corrected chi connectivity index (χ2v) is 5.24. The highest BCUT2D eigenvalue weighted by molar-refractivity contribution is 6.42. The van der Waals surface area contributed by atoms with Gasteiger partial charge in [0.1, 0.15) is 0 Å². The van der Waals surface area contributed by atoms with E-state index in [2.05, 4.69) is 10.6 Å². The van der Waals surface area contributed by atoms with Gasteiger partial charge in [-0.1, -0.05) is 34.8 Å². The Hall–Kier alpha value is -1.93. The molecule has 2 amide bonds. The van der Waals surface area contributed by atoms with Crippen LogP contribution in [0.25, 0.3) is 0 Å². The molecule has 2 rings (SSSR count). The molecule has 0 saturated heterocycles. The molecular formula is C14H8Cl3N3O. The highest BCUT2D eigenvalue weighted by Crippen LogP contribution is 2.26. The maximum Gasteiger partial charge on any atom is 0.323 e. The molecule has 2 N–H and O–H groups in total. The maximum atomic E-state index is 11.9. The van der Waals surface area contributed by atoms with Crippen molar-refractivity contribution in [1.82, 2.24) is 0 Å². The van der Waals surface area contributed by atoms with Gasteiger partial charge in [0, 0.05) is 5.69 Å². The van der Waals surface area contributed by atoms with Crippen molar-refractivity contribution in [2.24, 2.45) is 0 Å². The van der Waals surface area contributed by atoms with E-state index < -0.39 is 6.03 Å². The summed E-state index contributed by atoms with van der Waals surface area (Å²) < 4.78 is 0. The average molecular weight is 341 g/mol. The second-order valence-electron chi connectivity index (χ2n) is 4.01.